The standard InChI is InChI=1S/C22H21BrN2O5/c1-13-4-9-20(19(23)10-13)24-21(26)12-29-22(27)16-5-7-17(8-6-16)28-11-18-14(2)25-30-15(18)3/h4-10H,11-12H2,1-3H3,(H,24,26). The second-order valence-electron chi connectivity index (χ2n) is 6.72. The molecule has 1 aromatic heterocycles. The smallest absolute Gasteiger partial charge is 0.338 e. The molecule has 3 rings (SSSR count). The fraction of sp³-hybridized carbons (Fsp3) is 0.227. The Labute approximate surface area is 182 Å². The summed E-state index contributed by atoms with van der Waals surface area (Å²) in [5, 5.41) is 6.58. The van der Waals surface area contributed by atoms with Crippen LogP contribution in [-0.2, 0) is 16.1 Å². The third-order valence-electron chi connectivity index (χ3n) is 4.39. The number of nitrogens with zero attached hydrogens (tertiary/aromatic N) is 1. The van der Waals surface area contributed by atoms with Gasteiger partial charge in [0.1, 0.15) is 18.1 Å². The van der Waals surface area contributed by atoms with E-state index in [-0.39, 0.29) is 6.61 Å². The zero-order valence-corrected chi connectivity index (χ0v) is 18.4. The van der Waals surface area contributed by atoms with Gasteiger partial charge in [-0.2, -0.15) is 0 Å². The topological polar surface area (TPSA) is 90.7 Å². The number of hydrogen-bond acceptors (Lipinski definition) is 6. The number of ether oxygens (including phenoxy) is 2. The number of hydrogen-bond donors (Lipinski definition) is 1. The van der Waals surface area contributed by atoms with Gasteiger partial charge in [-0.3, -0.25) is 4.79 Å². The van der Waals surface area contributed by atoms with Gasteiger partial charge in [0.25, 0.3) is 5.91 Å². The van der Waals surface area contributed by atoms with E-state index in [1.165, 1.54) is 0 Å². The lowest BCUT2D eigenvalue weighted by Crippen LogP contribution is -2.21. The molecule has 0 aliphatic carbocycles. The number of carbonyl (C=O) groups is 2. The molecule has 1 amide bonds. The Balaban J connectivity index is 1.50. The van der Waals surface area contributed by atoms with Crippen LogP contribution in [0.5, 0.6) is 5.75 Å². The number of rotatable bonds is 7. The molecule has 0 unspecified atom stereocenters. The largest absolute Gasteiger partial charge is 0.489 e. The Kier molecular flexibility index (Phi) is 6.89. The number of anilines is 1. The zero-order valence-electron chi connectivity index (χ0n) is 16.8. The maximum absolute atomic E-state index is 12.2. The fourth-order valence-electron chi connectivity index (χ4n) is 2.67. The van der Waals surface area contributed by atoms with Crippen molar-refractivity contribution in [3.8, 4) is 5.75 Å². The summed E-state index contributed by atoms with van der Waals surface area (Å²) in [6.45, 7) is 5.56. The molecule has 0 saturated carbocycles. The van der Waals surface area contributed by atoms with Gasteiger partial charge in [-0.25, -0.2) is 4.79 Å². The Bertz CT molecular complexity index is 1040. The van der Waals surface area contributed by atoms with Crippen molar-refractivity contribution in [1.82, 2.24) is 5.16 Å². The normalized spacial score (nSPS) is 10.5. The maximum atomic E-state index is 12.2. The molecule has 0 atom stereocenters. The average Bonchev–Trinajstić information content (AvgIpc) is 3.04. The van der Waals surface area contributed by atoms with E-state index in [0.717, 1.165) is 21.3 Å². The summed E-state index contributed by atoms with van der Waals surface area (Å²) in [7, 11) is 0. The van der Waals surface area contributed by atoms with Crippen LogP contribution in [0.15, 0.2) is 51.5 Å². The van der Waals surface area contributed by atoms with Crippen LogP contribution in [0.25, 0.3) is 0 Å². The highest BCUT2D eigenvalue weighted by atomic mass is 79.9. The van der Waals surface area contributed by atoms with Gasteiger partial charge in [-0.15, -0.1) is 0 Å². The summed E-state index contributed by atoms with van der Waals surface area (Å²) in [5.41, 5.74) is 3.67. The lowest BCUT2D eigenvalue weighted by atomic mass is 10.2. The van der Waals surface area contributed by atoms with Crippen molar-refractivity contribution in [3.63, 3.8) is 0 Å². The van der Waals surface area contributed by atoms with Crippen molar-refractivity contribution in [2.45, 2.75) is 27.4 Å². The Hall–Kier alpha value is -3.13. The number of aromatic nitrogens is 1. The summed E-state index contributed by atoms with van der Waals surface area (Å²) in [6.07, 6.45) is 0. The molecule has 7 nitrogen and oxygen atoms in total. The number of carbonyl (C=O) groups excluding carboxylic acids is 2. The van der Waals surface area contributed by atoms with Gasteiger partial charge in [-0.1, -0.05) is 11.2 Å². The average molecular weight is 473 g/mol. The predicted molar refractivity (Wildman–Crippen MR) is 115 cm³/mol. The summed E-state index contributed by atoms with van der Waals surface area (Å²) >= 11 is 3.39. The summed E-state index contributed by atoms with van der Waals surface area (Å²) < 4.78 is 16.7. The predicted octanol–water partition coefficient (Wildman–Crippen LogP) is 4.74. The molecule has 0 saturated heterocycles. The van der Waals surface area contributed by atoms with Crippen LogP contribution in [0, 0.1) is 20.8 Å². The van der Waals surface area contributed by atoms with E-state index in [0.29, 0.717) is 29.4 Å². The highest BCUT2D eigenvalue weighted by molar-refractivity contribution is 9.10. The minimum Gasteiger partial charge on any atom is -0.489 e. The lowest BCUT2D eigenvalue weighted by molar-refractivity contribution is -0.119. The summed E-state index contributed by atoms with van der Waals surface area (Å²) in [6, 6.07) is 12.0. The first kappa shape index (κ1) is 21.6. The van der Waals surface area contributed by atoms with Crippen LogP contribution in [-0.4, -0.2) is 23.6 Å². The molecule has 0 aliphatic heterocycles. The van der Waals surface area contributed by atoms with Crippen molar-refractivity contribution < 1.29 is 23.6 Å². The number of halogens is 1. The van der Waals surface area contributed by atoms with Crippen molar-refractivity contribution in [2.75, 3.05) is 11.9 Å². The zero-order chi connectivity index (χ0) is 21.7. The Morgan fingerprint density at radius 1 is 1.10 bits per heavy atom. The van der Waals surface area contributed by atoms with Crippen LogP contribution in [0.4, 0.5) is 5.69 Å². The highest BCUT2D eigenvalue weighted by Crippen LogP contribution is 2.23. The van der Waals surface area contributed by atoms with Gasteiger partial charge >= 0.3 is 5.97 Å². The van der Waals surface area contributed by atoms with E-state index < -0.39 is 11.9 Å². The van der Waals surface area contributed by atoms with Crippen molar-refractivity contribution in [1.29, 1.82) is 0 Å². The minimum absolute atomic E-state index is 0.319. The van der Waals surface area contributed by atoms with Crippen molar-refractivity contribution in [3.05, 3.63) is 75.1 Å². The molecule has 2 aromatic carbocycles. The molecule has 0 radical (unpaired) electrons. The monoisotopic (exact) mass is 472 g/mol. The molecule has 0 spiro atoms. The van der Waals surface area contributed by atoms with Gasteiger partial charge in [0.15, 0.2) is 6.61 Å². The van der Waals surface area contributed by atoms with Crippen LogP contribution < -0.4 is 10.1 Å². The number of aryl methyl sites for hydroxylation is 3. The molecule has 0 bridgehead atoms. The molecule has 156 valence electrons. The van der Waals surface area contributed by atoms with Crippen LogP contribution in [0.1, 0.15) is 32.9 Å². The molecular weight excluding hydrogens is 452 g/mol. The van der Waals surface area contributed by atoms with E-state index in [4.69, 9.17) is 14.0 Å². The second-order valence-corrected chi connectivity index (χ2v) is 7.58. The molecular formula is C22H21BrN2O5. The molecule has 3 aromatic rings. The van der Waals surface area contributed by atoms with Gasteiger partial charge < -0.3 is 19.3 Å². The van der Waals surface area contributed by atoms with Gasteiger partial charge in [0.05, 0.1) is 22.5 Å². The quantitative estimate of drug-likeness (QED) is 0.499. The SMILES string of the molecule is Cc1ccc(NC(=O)COC(=O)c2ccc(OCc3c(C)noc3C)cc2)c(Br)c1. The van der Waals surface area contributed by atoms with Crippen LogP contribution >= 0.6 is 15.9 Å². The van der Waals surface area contributed by atoms with Crippen molar-refractivity contribution in [2.24, 2.45) is 0 Å². The van der Waals surface area contributed by atoms with E-state index >= 15 is 0 Å². The summed E-state index contributed by atoms with van der Waals surface area (Å²) in [4.78, 5) is 24.2. The number of esters is 1. The van der Waals surface area contributed by atoms with Crippen LogP contribution in [0.3, 0.4) is 0 Å². The third kappa shape index (κ3) is 5.48. The first-order chi connectivity index (χ1) is 14.3. The minimum atomic E-state index is -0.592. The molecule has 0 aliphatic rings. The fourth-order valence-corrected chi connectivity index (χ4v) is 3.27. The van der Waals surface area contributed by atoms with Gasteiger partial charge in [0.2, 0.25) is 0 Å². The number of nitrogens with one attached hydrogen (secondary N) is 1. The highest BCUT2D eigenvalue weighted by Gasteiger charge is 2.13. The first-order valence-electron chi connectivity index (χ1n) is 9.21. The maximum Gasteiger partial charge on any atom is 0.338 e. The Morgan fingerprint density at radius 2 is 1.83 bits per heavy atom. The van der Waals surface area contributed by atoms with E-state index in [2.05, 4.69) is 26.4 Å². The van der Waals surface area contributed by atoms with Crippen LogP contribution in [0.2, 0.25) is 0 Å². The van der Waals surface area contributed by atoms with Crippen molar-refractivity contribution >= 4 is 33.5 Å². The molecule has 1 heterocycles. The molecule has 8 heteroatoms. The Morgan fingerprint density at radius 3 is 2.47 bits per heavy atom. The third-order valence-corrected chi connectivity index (χ3v) is 5.04. The van der Waals surface area contributed by atoms with E-state index in [1.54, 1.807) is 30.3 Å². The van der Waals surface area contributed by atoms with Gasteiger partial charge in [0, 0.05) is 4.47 Å². The first-order valence-corrected chi connectivity index (χ1v) is 10.0. The molecule has 0 fully saturated rings. The van der Waals surface area contributed by atoms with Gasteiger partial charge in [-0.05, 0) is 78.7 Å². The number of benzene rings is 2. The molecule has 30 heavy (non-hydrogen) atoms. The number of amides is 1. The van der Waals surface area contributed by atoms with E-state index in [1.807, 2.05) is 32.9 Å². The second kappa shape index (κ2) is 9.58. The summed E-state index contributed by atoms with van der Waals surface area (Å²) in [5.74, 6) is 0.287. The lowest BCUT2D eigenvalue weighted by Gasteiger charge is -2.09. The molecule has 1 N–H and O–H groups in total. The van der Waals surface area contributed by atoms with E-state index in [9.17, 15) is 9.59 Å².